The van der Waals surface area contributed by atoms with E-state index in [-0.39, 0.29) is 5.38 Å². The van der Waals surface area contributed by atoms with Crippen LogP contribution in [0.15, 0.2) is 28.7 Å². The summed E-state index contributed by atoms with van der Waals surface area (Å²) < 4.78 is 6.66. The molecule has 0 aromatic heterocycles. The van der Waals surface area contributed by atoms with Crippen LogP contribution < -0.4 is 0 Å². The maximum Gasteiger partial charge on any atom is 0.0551 e. The minimum atomic E-state index is 0.186. The van der Waals surface area contributed by atoms with E-state index in [9.17, 15) is 0 Å². The second-order valence-corrected chi connectivity index (χ2v) is 5.96. The molecule has 1 heterocycles. The zero-order valence-corrected chi connectivity index (χ0v) is 11.7. The molecule has 0 N–H and O–H groups in total. The molecule has 0 aliphatic carbocycles. The van der Waals surface area contributed by atoms with Crippen LogP contribution in [0, 0.1) is 5.92 Å². The lowest BCUT2D eigenvalue weighted by Gasteiger charge is -2.15. The summed E-state index contributed by atoms with van der Waals surface area (Å²) in [6, 6.07) is 8.37. The first kappa shape index (κ1) is 12.4. The van der Waals surface area contributed by atoms with Gasteiger partial charge in [-0.25, -0.2) is 0 Å². The van der Waals surface area contributed by atoms with Crippen LogP contribution in [0.25, 0.3) is 0 Å². The van der Waals surface area contributed by atoms with Crippen LogP contribution >= 0.6 is 27.5 Å². The van der Waals surface area contributed by atoms with Crippen LogP contribution in [0.4, 0.5) is 0 Å². The highest BCUT2D eigenvalue weighted by atomic mass is 79.9. The first-order valence-electron chi connectivity index (χ1n) is 5.65. The molecule has 1 aliphatic rings. The lowest BCUT2D eigenvalue weighted by Crippen LogP contribution is -2.17. The molecule has 0 saturated carbocycles. The van der Waals surface area contributed by atoms with Gasteiger partial charge in [-0.05, 0) is 37.5 Å². The molecule has 1 aromatic carbocycles. The Bertz CT molecular complexity index is 338. The highest BCUT2D eigenvalue weighted by molar-refractivity contribution is 9.10. The zero-order chi connectivity index (χ0) is 11.5. The van der Waals surface area contributed by atoms with Gasteiger partial charge in [-0.1, -0.05) is 28.1 Å². The van der Waals surface area contributed by atoms with Gasteiger partial charge in [0.15, 0.2) is 0 Å². The molecular formula is C13H16BrClO. The molecule has 3 unspecified atom stereocenters. The summed E-state index contributed by atoms with van der Waals surface area (Å²) in [5.41, 5.74) is 1.29. The Kier molecular flexibility index (Phi) is 4.28. The minimum absolute atomic E-state index is 0.186. The Morgan fingerprint density at radius 2 is 2.12 bits per heavy atom. The third-order valence-electron chi connectivity index (χ3n) is 3.08. The smallest absolute Gasteiger partial charge is 0.0551 e. The van der Waals surface area contributed by atoms with Gasteiger partial charge in [0, 0.05) is 15.8 Å². The number of halogens is 2. The van der Waals surface area contributed by atoms with Gasteiger partial charge in [-0.3, -0.25) is 0 Å². The van der Waals surface area contributed by atoms with E-state index in [1.165, 1.54) is 5.56 Å². The van der Waals surface area contributed by atoms with Gasteiger partial charge in [0.05, 0.1) is 12.7 Å². The summed E-state index contributed by atoms with van der Waals surface area (Å²) in [6.45, 7) is 2.93. The maximum atomic E-state index is 6.44. The summed E-state index contributed by atoms with van der Waals surface area (Å²) >= 11 is 9.87. The van der Waals surface area contributed by atoms with Crippen LogP contribution in [-0.4, -0.2) is 18.1 Å². The molecule has 88 valence electrons. The molecule has 0 spiro atoms. The third-order valence-corrected chi connectivity index (χ3v) is 4.12. The normalized spacial score (nSPS) is 26.9. The van der Waals surface area contributed by atoms with Crippen molar-refractivity contribution in [2.75, 3.05) is 6.61 Å². The zero-order valence-electron chi connectivity index (χ0n) is 9.33. The molecule has 1 nitrogen and oxygen atoms in total. The van der Waals surface area contributed by atoms with Gasteiger partial charge in [0.2, 0.25) is 0 Å². The Hall–Kier alpha value is -0.0500. The maximum absolute atomic E-state index is 6.44. The molecule has 1 aliphatic heterocycles. The lowest BCUT2D eigenvalue weighted by molar-refractivity contribution is 0.120. The molecule has 16 heavy (non-hydrogen) atoms. The van der Waals surface area contributed by atoms with E-state index in [1.54, 1.807) is 0 Å². The van der Waals surface area contributed by atoms with Gasteiger partial charge in [-0.2, -0.15) is 0 Å². The van der Waals surface area contributed by atoms with Gasteiger partial charge < -0.3 is 4.74 Å². The van der Waals surface area contributed by atoms with Crippen LogP contribution in [0.3, 0.4) is 0 Å². The number of ether oxygens (including phenoxy) is 1. The van der Waals surface area contributed by atoms with Crippen LogP contribution in [0.5, 0.6) is 0 Å². The molecular weight excluding hydrogens is 287 g/mol. The van der Waals surface area contributed by atoms with E-state index in [4.69, 9.17) is 16.3 Å². The van der Waals surface area contributed by atoms with Crippen molar-refractivity contribution >= 4 is 27.5 Å². The molecule has 1 saturated heterocycles. The fourth-order valence-corrected chi connectivity index (χ4v) is 2.73. The standard InChI is InChI=1S/C13H16BrClO/c1-9-6-11(8-16-9)13(15)7-10-2-4-12(14)5-3-10/h2-5,9,11,13H,6-8H2,1H3. The topological polar surface area (TPSA) is 9.23 Å². The largest absolute Gasteiger partial charge is 0.378 e. The summed E-state index contributed by atoms with van der Waals surface area (Å²) in [5, 5.41) is 0.186. The Labute approximate surface area is 110 Å². The molecule has 0 radical (unpaired) electrons. The number of benzene rings is 1. The summed E-state index contributed by atoms with van der Waals surface area (Å²) in [4.78, 5) is 0. The fourth-order valence-electron chi connectivity index (χ4n) is 2.11. The van der Waals surface area contributed by atoms with E-state index >= 15 is 0 Å². The predicted molar refractivity (Wildman–Crippen MR) is 71.0 cm³/mol. The van der Waals surface area contributed by atoms with Crippen LogP contribution in [0.1, 0.15) is 18.9 Å². The molecule has 3 atom stereocenters. The predicted octanol–water partition coefficient (Wildman–Crippen LogP) is 4.02. The summed E-state index contributed by atoms with van der Waals surface area (Å²) in [5.74, 6) is 0.500. The average Bonchev–Trinajstić information content (AvgIpc) is 2.68. The second-order valence-electron chi connectivity index (χ2n) is 4.49. The second kappa shape index (κ2) is 5.52. The quantitative estimate of drug-likeness (QED) is 0.766. The first-order valence-corrected chi connectivity index (χ1v) is 6.88. The van der Waals surface area contributed by atoms with E-state index in [0.29, 0.717) is 12.0 Å². The van der Waals surface area contributed by atoms with Crippen LogP contribution in [-0.2, 0) is 11.2 Å². The van der Waals surface area contributed by atoms with E-state index < -0.39 is 0 Å². The van der Waals surface area contributed by atoms with Crippen molar-refractivity contribution in [1.82, 2.24) is 0 Å². The van der Waals surface area contributed by atoms with Gasteiger partial charge >= 0.3 is 0 Å². The Balaban J connectivity index is 1.91. The highest BCUT2D eigenvalue weighted by Gasteiger charge is 2.28. The molecule has 3 heteroatoms. The summed E-state index contributed by atoms with van der Waals surface area (Å²) in [6.07, 6.45) is 2.39. The average molecular weight is 304 g/mol. The van der Waals surface area contributed by atoms with E-state index in [1.807, 2.05) is 0 Å². The molecule has 0 amide bonds. The lowest BCUT2D eigenvalue weighted by atomic mass is 9.97. The van der Waals surface area contributed by atoms with Crippen molar-refractivity contribution < 1.29 is 4.74 Å². The Morgan fingerprint density at radius 1 is 1.44 bits per heavy atom. The molecule has 2 rings (SSSR count). The number of rotatable bonds is 3. The van der Waals surface area contributed by atoms with Crippen molar-refractivity contribution in [1.29, 1.82) is 0 Å². The van der Waals surface area contributed by atoms with Crippen LogP contribution in [0.2, 0.25) is 0 Å². The van der Waals surface area contributed by atoms with E-state index in [2.05, 4.69) is 47.1 Å². The minimum Gasteiger partial charge on any atom is -0.378 e. The molecule has 1 aromatic rings. The summed E-state index contributed by atoms with van der Waals surface area (Å²) in [7, 11) is 0. The molecule has 1 fully saturated rings. The number of hydrogen-bond donors (Lipinski definition) is 0. The number of hydrogen-bond acceptors (Lipinski definition) is 1. The SMILES string of the molecule is CC1CC(C(Cl)Cc2ccc(Br)cc2)CO1. The first-order chi connectivity index (χ1) is 7.65. The van der Waals surface area contributed by atoms with Crippen molar-refractivity contribution in [2.45, 2.75) is 31.2 Å². The monoisotopic (exact) mass is 302 g/mol. The fraction of sp³-hybridized carbons (Fsp3) is 0.538. The van der Waals surface area contributed by atoms with E-state index in [0.717, 1.165) is 23.9 Å². The third kappa shape index (κ3) is 3.22. The van der Waals surface area contributed by atoms with Gasteiger partial charge in [-0.15, -0.1) is 11.6 Å². The van der Waals surface area contributed by atoms with Crippen molar-refractivity contribution in [2.24, 2.45) is 5.92 Å². The van der Waals surface area contributed by atoms with Crippen molar-refractivity contribution in [3.63, 3.8) is 0 Å². The van der Waals surface area contributed by atoms with Crippen molar-refractivity contribution in [3.05, 3.63) is 34.3 Å². The Morgan fingerprint density at radius 3 is 2.69 bits per heavy atom. The van der Waals surface area contributed by atoms with Gasteiger partial charge in [0.25, 0.3) is 0 Å². The highest BCUT2D eigenvalue weighted by Crippen LogP contribution is 2.28. The van der Waals surface area contributed by atoms with Gasteiger partial charge in [0.1, 0.15) is 0 Å². The van der Waals surface area contributed by atoms with Crippen molar-refractivity contribution in [3.8, 4) is 0 Å². The number of alkyl halides is 1. The molecule has 0 bridgehead atoms.